The van der Waals surface area contributed by atoms with Crippen LogP contribution in [0, 0.1) is 0 Å². The summed E-state index contributed by atoms with van der Waals surface area (Å²) in [6.45, 7) is -0.956. The number of methoxy groups -OCH3 is 1. The molecule has 0 saturated carbocycles. The number of nitrogens with zero attached hydrogens (tertiary/aromatic N) is 1. The number of carbonyl (C=O) groups excluding carboxylic acids is 3. The average molecular weight is 535 g/mol. The highest BCUT2D eigenvalue weighted by Gasteiger charge is 2.50. The van der Waals surface area contributed by atoms with Crippen molar-refractivity contribution in [1.29, 1.82) is 0 Å². The number of hydrogen-bond donors (Lipinski definition) is 1. The van der Waals surface area contributed by atoms with Crippen molar-refractivity contribution in [3.05, 3.63) is 83.9 Å². The van der Waals surface area contributed by atoms with Crippen LogP contribution in [0.4, 0.5) is 4.39 Å². The summed E-state index contributed by atoms with van der Waals surface area (Å²) in [4.78, 5) is 40.0. The van der Waals surface area contributed by atoms with Crippen molar-refractivity contribution in [2.45, 2.75) is 24.7 Å². The number of fused-ring (bicyclic) bond motifs is 3. The highest BCUT2D eigenvalue weighted by molar-refractivity contribution is 7.25. The van der Waals surface area contributed by atoms with Crippen LogP contribution in [0.5, 0.6) is 0 Å². The quantitative estimate of drug-likeness (QED) is 0.337. The van der Waals surface area contributed by atoms with Crippen molar-refractivity contribution in [3.63, 3.8) is 0 Å². The molecule has 2 heterocycles. The predicted molar refractivity (Wildman–Crippen MR) is 144 cm³/mol. The van der Waals surface area contributed by atoms with E-state index in [1.54, 1.807) is 35.6 Å². The minimum absolute atomic E-state index is 0.0126. The van der Waals surface area contributed by atoms with Crippen LogP contribution in [0.3, 0.4) is 0 Å². The van der Waals surface area contributed by atoms with E-state index in [1.807, 2.05) is 48.5 Å². The van der Waals surface area contributed by atoms with Crippen LogP contribution in [0.25, 0.3) is 20.2 Å². The fourth-order valence-corrected chi connectivity index (χ4v) is 5.97. The van der Waals surface area contributed by atoms with Crippen LogP contribution in [0.2, 0.25) is 0 Å². The molecule has 9 heteroatoms. The molecule has 3 aromatic carbocycles. The monoisotopic (exact) mass is 534 g/mol. The normalized spacial score (nSPS) is 19.1. The summed E-state index contributed by atoms with van der Waals surface area (Å²) in [5, 5.41) is 4.80. The maximum atomic E-state index is 15.4. The van der Waals surface area contributed by atoms with Crippen LogP contribution in [-0.2, 0) is 25.7 Å². The molecule has 2 amide bonds. The summed E-state index contributed by atoms with van der Waals surface area (Å²) in [7, 11) is 1.36. The van der Waals surface area contributed by atoms with Crippen LogP contribution in [-0.4, -0.2) is 61.2 Å². The van der Waals surface area contributed by atoms with Crippen LogP contribution >= 0.6 is 11.3 Å². The molecule has 0 spiro atoms. The third-order valence-corrected chi connectivity index (χ3v) is 7.78. The van der Waals surface area contributed by atoms with Gasteiger partial charge >= 0.3 is 5.97 Å². The lowest BCUT2D eigenvalue weighted by molar-refractivity contribution is -0.154. The molecule has 1 fully saturated rings. The summed E-state index contributed by atoms with van der Waals surface area (Å²) in [6, 6.07) is 21.4. The van der Waals surface area contributed by atoms with Crippen molar-refractivity contribution in [2.24, 2.45) is 0 Å². The Labute approximate surface area is 223 Å². The molecule has 38 heavy (non-hydrogen) atoms. The molecule has 0 aliphatic carbocycles. The fraction of sp³-hybridized carbons (Fsp3) is 0.276. The standard InChI is InChI=1S/C29H27FN2O5S/c1-36-18-29(30)14-23(28(35)37-16-19-7-3-2-4-8-19)32(17-29)26(33)15-31-27(34)20-11-12-22-21-9-5-6-10-24(21)38-25(22)13-20/h2-13,23H,14-18H2,1H3,(H,31,34)/t23-,29+/m0/s1. The second-order valence-corrected chi connectivity index (χ2v) is 10.5. The van der Waals surface area contributed by atoms with Gasteiger partial charge in [0.2, 0.25) is 5.91 Å². The van der Waals surface area contributed by atoms with Gasteiger partial charge in [-0.1, -0.05) is 54.6 Å². The third kappa shape index (κ3) is 5.39. The zero-order chi connectivity index (χ0) is 26.7. The number of carbonyl (C=O) groups is 3. The van der Waals surface area contributed by atoms with Crippen molar-refractivity contribution in [1.82, 2.24) is 10.2 Å². The summed E-state index contributed by atoms with van der Waals surface area (Å²) in [6.07, 6.45) is -0.239. The molecular formula is C29H27FN2O5S. The van der Waals surface area contributed by atoms with Crippen molar-refractivity contribution < 1.29 is 28.2 Å². The largest absolute Gasteiger partial charge is 0.459 e. The first-order chi connectivity index (χ1) is 18.4. The molecule has 1 aliphatic heterocycles. The molecule has 4 aromatic rings. The van der Waals surface area contributed by atoms with Gasteiger partial charge in [0.1, 0.15) is 12.6 Å². The third-order valence-electron chi connectivity index (χ3n) is 6.65. The van der Waals surface area contributed by atoms with E-state index in [9.17, 15) is 14.4 Å². The number of rotatable bonds is 8. The van der Waals surface area contributed by atoms with Gasteiger partial charge in [-0.15, -0.1) is 11.3 Å². The minimum atomic E-state index is -1.89. The molecule has 1 saturated heterocycles. The first-order valence-corrected chi connectivity index (χ1v) is 13.1. The zero-order valence-corrected chi connectivity index (χ0v) is 21.6. The van der Waals surface area contributed by atoms with Crippen LogP contribution in [0.1, 0.15) is 22.3 Å². The number of halogens is 1. The highest BCUT2D eigenvalue weighted by atomic mass is 32.1. The Morgan fingerprint density at radius 3 is 2.55 bits per heavy atom. The molecule has 196 valence electrons. The minimum Gasteiger partial charge on any atom is -0.459 e. The van der Waals surface area contributed by atoms with E-state index in [2.05, 4.69) is 5.32 Å². The average Bonchev–Trinajstić information content (AvgIpc) is 3.48. The molecule has 0 radical (unpaired) electrons. The number of alkyl halides is 1. The summed E-state index contributed by atoms with van der Waals surface area (Å²) in [5.74, 6) is -1.69. The Hall–Kier alpha value is -3.82. The molecule has 2 atom stereocenters. The summed E-state index contributed by atoms with van der Waals surface area (Å²) < 4.78 is 27.9. The molecular weight excluding hydrogens is 507 g/mol. The molecule has 1 aromatic heterocycles. The number of hydrogen-bond acceptors (Lipinski definition) is 6. The Balaban J connectivity index is 1.26. The maximum absolute atomic E-state index is 15.4. The number of amides is 2. The molecule has 0 unspecified atom stereocenters. The number of esters is 1. The molecule has 1 aliphatic rings. The van der Waals surface area contributed by atoms with E-state index in [4.69, 9.17) is 9.47 Å². The number of ether oxygens (including phenoxy) is 2. The van der Waals surface area contributed by atoms with Gasteiger partial charge in [0.15, 0.2) is 5.67 Å². The summed E-state index contributed by atoms with van der Waals surface area (Å²) in [5.41, 5.74) is -0.698. The first-order valence-electron chi connectivity index (χ1n) is 12.2. The van der Waals surface area contributed by atoms with Gasteiger partial charge in [0.05, 0.1) is 19.7 Å². The zero-order valence-electron chi connectivity index (χ0n) is 20.8. The van der Waals surface area contributed by atoms with Gasteiger partial charge in [-0.25, -0.2) is 9.18 Å². The lowest BCUT2D eigenvalue weighted by Gasteiger charge is -2.23. The smallest absolute Gasteiger partial charge is 0.329 e. The van der Waals surface area contributed by atoms with Crippen molar-refractivity contribution >= 4 is 49.3 Å². The van der Waals surface area contributed by atoms with Gasteiger partial charge in [-0.3, -0.25) is 9.59 Å². The lowest BCUT2D eigenvalue weighted by Crippen LogP contribution is -2.46. The van der Waals surface area contributed by atoms with Gasteiger partial charge in [-0.05, 0) is 23.8 Å². The fourth-order valence-electron chi connectivity index (χ4n) is 4.82. The topological polar surface area (TPSA) is 84.9 Å². The first kappa shape index (κ1) is 25.8. The van der Waals surface area contributed by atoms with E-state index >= 15 is 4.39 Å². The number of benzene rings is 3. The van der Waals surface area contributed by atoms with E-state index in [0.29, 0.717) is 5.56 Å². The Bertz CT molecular complexity index is 1490. The lowest BCUT2D eigenvalue weighted by atomic mass is 10.0. The SMILES string of the molecule is COC[C@@]1(F)C[C@@H](C(=O)OCc2ccccc2)N(C(=O)CNC(=O)c2ccc3c(c2)sc2ccccc23)C1. The predicted octanol–water partition coefficient (Wildman–Crippen LogP) is 4.48. The molecule has 7 nitrogen and oxygen atoms in total. The van der Waals surface area contributed by atoms with Gasteiger partial charge in [-0.2, -0.15) is 0 Å². The van der Waals surface area contributed by atoms with Crippen molar-refractivity contribution in [2.75, 3.05) is 26.8 Å². The highest BCUT2D eigenvalue weighted by Crippen LogP contribution is 2.34. The van der Waals surface area contributed by atoms with Crippen LogP contribution < -0.4 is 5.32 Å². The Morgan fingerprint density at radius 2 is 1.76 bits per heavy atom. The molecule has 5 rings (SSSR count). The maximum Gasteiger partial charge on any atom is 0.329 e. The van der Waals surface area contributed by atoms with Gasteiger partial charge < -0.3 is 19.7 Å². The Kier molecular flexibility index (Phi) is 7.40. The van der Waals surface area contributed by atoms with Gasteiger partial charge in [0, 0.05) is 39.3 Å². The van der Waals surface area contributed by atoms with E-state index in [0.717, 1.165) is 30.6 Å². The van der Waals surface area contributed by atoms with E-state index < -0.39 is 29.5 Å². The van der Waals surface area contributed by atoms with E-state index in [-0.39, 0.29) is 32.7 Å². The molecule has 1 N–H and O–H groups in total. The second kappa shape index (κ2) is 10.9. The van der Waals surface area contributed by atoms with Crippen molar-refractivity contribution in [3.8, 4) is 0 Å². The van der Waals surface area contributed by atoms with E-state index in [1.165, 1.54) is 7.11 Å². The molecule has 0 bridgehead atoms. The number of thiophene rings is 1. The number of nitrogens with one attached hydrogen (secondary N) is 1. The Morgan fingerprint density at radius 1 is 1.03 bits per heavy atom. The van der Waals surface area contributed by atoms with Crippen LogP contribution in [0.15, 0.2) is 72.8 Å². The summed E-state index contributed by atoms with van der Waals surface area (Å²) >= 11 is 1.59. The number of likely N-dealkylation sites (tertiary alicyclic amines) is 1. The van der Waals surface area contributed by atoms with Gasteiger partial charge in [0.25, 0.3) is 5.91 Å². The second-order valence-electron chi connectivity index (χ2n) is 9.41.